The number of benzene rings is 1. The first kappa shape index (κ1) is 18.5. The zero-order valence-electron chi connectivity index (χ0n) is 15.7. The van der Waals surface area contributed by atoms with Crippen LogP contribution in [0, 0.1) is 0 Å². The number of ether oxygens (including phenoxy) is 2. The Morgan fingerprint density at radius 3 is 2.80 bits per heavy atom. The molecule has 1 amide bonds. The van der Waals surface area contributed by atoms with Gasteiger partial charge >= 0.3 is 156 Å². The summed E-state index contributed by atoms with van der Waals surface area (Å²) in [6.07, 6.45) is 1.56. The molecule has 0 unspecified atom stereocenters. The molecule has 3 rings (SSSR count). The van der Waals surface area contributed by atoms with E-state index < -0.39 is 11.3 Å². The van der Waals surface area contributed by atoms with Crippen molar-refractivity contribution in [3.05, 3.63) is 34.8 Å². The first-order chi connectivity index (χ1) is 11.7. The molecule has 0 N–H and O–H groups in total. The van der Waals surface area contributed by atoms with Crippen molar-refractivity contribution in [3.8, 4) is 0 Å². The Labute approximate surface area is 155 Å². The van der Waals surface area contributed by atoms with Crippen LogP contribution in [0.2, 0.25) is 0 Å². The normalized spacial score (nSPS) is 20.2. The van der Waals surface area contributed by atoms with Gasteiger partial charge in [0.05, 0.1) is 0 Å². The van der Waals surface area contributed by atoms with Gasteiger partial charge in [0.15, 0.2) is 0 Å². The van der Waals surface area contributed by atoms with Crippen LogP contribution in [0.15, 0.2) is 29.2 Å². The first-order valence-corrected chi connectivity index (χ1v) is 10.6. The number of rotatable bonds is 3. The molecule has 1 fully saturated rings. The van der Waals surface area contributed by atoms with Gasteiger partial charge in [-0.1, -0.05) is 0 Å². The van der Waals surface area contributed by atoms with E-state index in [2.05, 4.69) is 29.2 Å². The van der Waals surface area contributed by atoms with Crippen LogP contribution < -0.4 is 0 Å². The van der Waals surface area contributed by atoms with Gasteiger partial charge in [0.1, 0.15) is 0 Å². The van der Waals surface area contributed by atoms with E-state index in [4.69, 9.17) is 9.47 Å². The van der Waals surface area contributed by atoms with Crippen molar-refractivity contribution in [2.45, 2.75) is 64.8 Å². The second-order valence-corrected chi connectivity index (χ2v) is 9.97. The Morgan fingerprint density at radius 1 is 1.36 bits per heavy atom. The minimum atomic E-state index is -0.626. The van der Waals surface area contributed by atoms with Crippen molar-refractivity contribution < 1.29 is 14.3 Å². The Morgan fingerprint density at radius 2 is 2.08 bits per heavy atom. The van der Waals surface area contributed by atoms with Crippen molar-refractivity contribution in [1.82, 2.24) is 4.90 Å². The van der Waals surface area contributed by atoms with Crippen LogP contribution >= 0.6 is 0 Å². The van der Waals surface area contributed by atoms with E-state index in [1.165, 1.54) is 15.2 Å². The summed E-state index contributed by atoms with van der Waals surface area (Å²) >= 11 is 0.433. The molecule has 1 saturated heterocycles. The van der Waals surface area contributed by atoms with Gasteiger partial charge in [0.25, 0.3) is 0 Å². The monoisotopic (exact) mass is 409 g/mol. The number of fused-ring (bicyclic) bond motifs is 1. The average Bonchev–Trinajstić information content (AvgIpc) is 3.04. The number of aryl methyl sites for hydroxylation is 1. The predicted molar refractivity (Wildman–Crippen MR) is 101 cm³/mol. The SMILES string of the molecule is CC(C)(C)OC(=O)N1[C@H](CCc2c[se]c3ccccc23)COC1(C)C. The summed E-state index contributed by atoms with van der Waals surface area (Å²) in [5, 5.41) is 1.38. The molecule has 4 nitrogen and oxygen atoms in total. The van der Waals surface area contributed by atoms with Crippen LogP contribution in [-0.2, 0) is 15.9 Å². The number of carbonyl (C=O) groups is 1. The summed E-state index contributed by atoms with van der Waals surface area (Å²) < 4.78 is 13.0. The van der Waals surface area contributed by atoms with Crippen molar-refractivity contribution in [3.63, 3.8) is 0 Å². The van der Waals surface area contributed by atoms with Crippen molar-refractivity contribution in [1.29, 1.82) is 0 Å². The average molecular weight is 408 g/mol. The molecule has 1 aliphatic rings. The van der Waals surface area contributed by atoms with Gasteiger partial charge < -0.3 is 0 Å². The zero-order chi connectivity index (χ0) is 18.2. The maximum absolute atomic E-state index is 12.7. The van der Waals surface area contributed by atoms with Gasteiger partial charge in [-0.05, 0) is 0 Å². The Balaban J connectivity index is 1.73. The van der Waals surface area contributed by atoms with E-state index in [-0.39, 0.29) is 12.1 Å². The van der Waals surface area contributed by atoms with E-state index in [0.717, 1.165) is 12.8 Å². The van der Waals surface area contributed by atoms with Gasteiger partial charge in [0, 0.05) is 0 Å². The van der Waals surface area contributed by atoms with Crippen LogP contribution in [0.25, 0.3) is 9.65 Å². The molecule has 0 aliphatic carbocycles. The van der Waals surface area contributed by atoms with Crippen LogP contribution in [0.4, 0.5) is 4.79 Å². The summed E-state index contributed by atoms with van der Waals surface area (Å²) in [5.41, 5.74) is 0.277. The van der Waals surface area contributed by atoms with Gasteiger partial charge in [-0.25, -0.2) is 0 Å². The van der Waals surface area contributed by atoms with Crippen molar-refractivity contribution in [2.24, 2.45) is 0 Å². The van der Waals surface area contributed by atoms with Gasteiger partial charge in [0.2, 0.25) is 0 Å². The van der Waals surface area contributed by atoms with E-state index in [0.29, 0.717) is 21.1 Å². The number of hydrogen-bond acceptors (Lipinski definition) is 3. The number of carbonyl (C=O) groups excluding carboxylic acids is 1. The molecule has 1 atom stereocenters. The molecule has 136 valence electrons. The van der Waals surface area contributed by atoms with Crippen LogP contribution in [0.5, 0.6) is 0 Å². The summed E-state index contributed by atoms with van der Waals surface area (Å²) in [4.78, 5) is 16.8. The molecular weight excluding hydrogens is 381 g/mol. The molecule has 0 saturated carbocycles. The molecule has 0 radical (unpaired) electrons. The summed E-state index contributed by atoms with van der Waals surface area (Å²) in [6, 6.07) is 8.67. The Hall–Kier alpha value is -1.29. The molecular formula is C20H27NO3Se. The topological polar surface area (TPSA) is 38.8 Å². The molecule has 2 aromatic rings. The molecule has 25 heavy (non-hydrogen) atoms. The Kier molecular flexibility index (Phi) is 5.02. The first-order valence-electron chi connectivity index (χ1n) is 8.79. The van der Waals surface area contributed by atoms with Gasteiger partial charge in [-0.15, -0.1) is 0 Å². The third kappa shape index (κ3) is 4.11. The van der Waals surface area contributed by atoms with Crippen molar-refractivity contribution in [2.75, 3.05) is 6.61 Å². The standard InChI is InChI=1S/C20H27NO3Se/c1-19(2,3)24-18(22)21-15(12-23-20(21,4)5)11-10-14-13-25-17-9-7-6-8-16(14)17/h6-9,13,15H,10-12H2,1-5H3/t15-/m1/s1. The number of hydrogen-bond donors (Lipinski definition) is 0. The third-order valence-electron chi connectivity index (χ3n) is 4.47. The molecule has 1 aromatic carbocycles. The zero-order valence-corrected chi connectivity index (χ0v) is 17.4. The summed E-state index contributed by atoms with van der Waals surface area (Å²) in [5.74, 6) is 0. The number of amides is 1. The summed E-state index contributed by atoms with van der Waals surface area (Å²) in [7, 11) is 0. The van der Waals surface area contributed by atoms with Gasteiger partial charge in [-0.2, -0.15) is 0 Å². The van der Waals surface area contributed by atoms with E-state index in [9.17, 15) is 4.79 Å². The molecule has 5 heteroatoms. The van der Waals surface area contributed by atoms with Gasteiger partial charge in [-0.3, -0.25) is 0 Å². The van der Waals surface area contributed by atoms with E-state index in [1.54, 1.807) is 4.90 Å². The third-order valence-corrected chi connectivity index (χ3v) is 6.60. The molecule has 1 aromatic heterocycles. The minimum absolute atomic E-state index is 0.0472. The number of nitrogens with zero attached hydrogens (tertiary/aromatic N) is 1. The van der Waals surface area contributed by atoms with Crippen LogP contribution in [-0.4, -0.2) is 49.5 Å². The molecule has 1 aliphatic heterocycles. The molecule has 0 bridgehead atoms. The maximum atomic E-state index is 12.7. The molecule has 2 heterocycles. The molecule has 0 spiro atoms. The second kappa shape index (κ2) is 6.79. The Bertz CT molecular complexity index is 760. The fraction of sp³-hybridized carbons (Fsp3) is 0.550. The summed E-state index contributed by atoms with van der Waals surface area (Å²) in [6.45, 7) is 10.1. The van der Waals surface area contributed by atoms with Crippen molar-refractivity contribution >= 4 is 30.2 Å². The fourth-order valence-electron chi connectivity index (χ4n) is 3.32. The second-order valence-electron chi connectivity index (χ2n) is 8.06. The fourth-order valence-corrected chi connectivity index (χ4v) is 5.42. The predicted octanol–water partition coefficient (Wildman–Crippen LogP) is 4.20. The van der Waals surface area contributed by atoms with Crippen LogP contribution in [0.3, 0.4) is 0 Å². The van der Waals surface area contributed by atoms with E-state index >= 15 is 0 Å². The quantitative estimate of drug-likeness (QED) is 0.715. The van der Waals surface area contributed by atoms with E-state index in [1.807, 2.05) is 34.6 Å². The van der Waals surface area contributed by atoms with Crippen LogP contribution in [0.1, 0.15) is 46.6 Å².